The molecule has 0 unspecified atom stereocenters. The van der Waals surface area contributed by atoms with Crippen LogP contribution < -0.4 is 10.6 Å². The van der Waals surface area contributed by atoms with Crippen LogP contribution >= 0.6 is 0 Å². The third-order valence-corrected chi connectivity index (χ3v) is 2.44. The van der Waals surface area contributed by atoms with Crippen LogP contribution in [0.5, 0.6) is 0 Å². The van der Waals surface area contributed by atoms with E-state index in [0.29, 0.717) is 17.8 Å². The zero-order valence-corrected chi connectivity index (χ0v) is 8.70. The second kappa shape index (κ2) is 3.20. The van der Waals surface area contributed by atoms with E-state index in [4.69, 9.17) is 5.73 Å². The molecule has 4 nitrogen and oxygen atoms in total. The topological polar surface area (TPSA) is 55.0 Å². The fraction of sp³-hybridized carbons (Fsp3) is 0.600. The standard InChI is InChI=1S/C10H16N4/c1-10(2)6-14(7-10)9-3-4-12-8(5-11)13-9/h3-4H,5-7,11H2,1-2H3. The summed E-state index contributed by atoms with van der Waals surface area (Å²) in [5.41, 5.74) is 5.91. The molecule has 0 aromatic carbocycles. The molecule has 14 heavy (non-hydrogen) atoms. The first-order chi connectivity index (χ1) is 6.61. The molecule has 2 rings (SSSR count). The second-order valence-corrected chi connectivity index (χ2v) is 4.56. The van der Waals surface area contributed by atoms with E-state index in [9.17, 15) is 0 Å². The zero-order chi connectivity index (χ0) is 10.2. The summed E-state index contributed by atoms with van der Waals surface area (Å²) in [5.74, 6) is 1.71. The van der Waals surface area contributed by atoms with Crippen LogP contribution in [0.25, 0.3) is 0 Å². The first-order valence-electron chi connectivity index (χ1n) is 4.88. The summed E-state index contributed by atoms with van der Waals surface area (Å²) in [6.07, 6.45) is 1.77. The summed E-state index contributed by atoms with van der Waals surface area (Å²) in [7, 11) is 0. The molecule has 0 aliphatic carbocycles. The predicted molar refractivity (Wildman–Crippen MR) is 55.9 cm³/mol. The van der Waals surface area contributed by atoms with Crippen LogP contribution in [0.15, 0.2) is 12.3 Å². The molecule has 0 atom stereocenters. The maximum atomic E-state index is 5.49. The molecule has 76 valence electrons. The molecule has 0 saturated carbocycles. The Hall–Kier alpha value is -1.16. The van der Waals surface area contributed by atoms with Gasteiger partial charge in [-0.2, -0.15) is 0 Å². The van der Waals surface area contributed by atoms with Crippen molar-refractivity contribution in [3.05, 3.63) is 18.1 Å². The highest BCUT2D eigenvalue weighted by molar-refractivity contribution is 5.41. The van der Waals surface area contributed by atoms with Gasteiger partial charge in [0.15, 0.2) is 0 Å². The summed E-state index contributed by atoms with van der Waals surface area (Å²) in [6, 6.07) is 1.94. The molecule has 1 saturated heterocycles. The molecule has 1 aromatic rings. The number of rotatable bonds is 2. The number of aromatic nitrogens is 2. The van der Waals surface area contributed by atoms with Crippen molar-refractivity contribution in [1.82, 2.24) is 9.97 Å². The molecule has 1 aliphatic rings. The van der Waals surface area contributed by atoms with Crippen molar-refractivity contribution in [2.24, 2.45) is 11.1 Å². The maximum absolute atomic E-state index is 5.49. The molecule has 4 heteroatoms. The van der Waals surface area contributed by atoms with Crippen LogP contribution in [0.2, 0.25) is 0 Å². The number of nitrogens with zero attached hydrogens (tertiary/aromatic N) is 3. The lowest BCUT2D eigenvalue weighted by Gasteiger charge is -2.46. The molecular formula is C10H16N4. The number of hydrogen-bond donors (Lipinski definition) is 1. The fourth-order valence-electron chi connectivity index (χ4n) is 1.81. The normalized spacial score (nSPS) is 19.2. The van der Waals surface area contributed by atoms with E-state index in [1.165, 1.54) is 0 Å². The molecular weight excluding hydrogens is 176 g/mol. The Morgan fingerprint density at radius 1 is 1.50 bits per heavy atom. The van der Waals surface area contributed by atoms with Gasteiger partial charge in [-0.3, -0.25) is 0 Å². The van der Waals surface area contributed by atoms with Crippen LogP contribution in [0.1, 0.15) is 19.7 Å². The Kier molecular flexibility index (Phi) is 2.15. The molecule has 1 aromatic heterocycles. The zero-order valence-electron chi connectivity index (χ0n) is 8.70. The summed E-state index contributed by atoms with van der Waals surface area (Å²) >= 11 is 0. The molecule has 1 fully saturated rings. The third-order valence-electron chi connectivity index (χ3n) is 2.44. The molecule has 1 aliphatic heterocycles. The van der Waals surface area contributed by atoms with E-state index in [1.54, 1.807) is 6.20 Å². The Labute approximate surface area is 84.2 Å². The maximum Gasteiger partial charge on any atom is 0.144 e. The van der Waals surface area contributed by atoms with Crippen molar-refractivity contribution >= 4 is 5.82 Å². The van der Waals surface area contributed by atoms with E-state index in [2.05, 4.69) is 28.7 Å². The van der Waals surface area contributed by atoms with Crippen molar-refractivity contribution in [1.29, 1.82) is 0 Å². The SMILES string of the molecule is CC1(C)CN(c2ccnc(CN)n2)C1. The van der Waals surface area contributed by atoms with Crippen molar-refractivity contribution < 1.29 is 0 Å². The summed E-state index contributed by atoms with van der Waals surface area (Å²) in [5, 5.41) is 0. The van der Waals surface area contributed by atoms with Crippen LogP contribution in [-0.4, -0.2) is 23.1 Å². The van der Waals surface area contributed by atoms with Crippen molar-refractivity contribution in [3.63, 3.8) is 0 Å². The van der Waals surface area contributed by atoms with E-state index in [0.717, 1.165) is 18.9 Å². The number of nitrogens with two attached hydrogens (primary N) is 1. The van der Waals surface area contributed by atoms with Gasteiger partial charge in [-0.15, -0.1) is 0 Å². The van der Waals surface area contributed by atoms with Gasteiger partial charge in [0.2, 0.25) is 0 Å². The summed E-state index contributed by atoms with van der Waals surface area (Å²) in [6.45, 7) is 7.05. The Balaban J connectivity index is 2.11. The van der Waals surface area contributed by atoms with Gasteiger partial charge in [0.25, 0.3) is 0 Å². The minimum atomic E-state index is 0.408. The average molecular weight is 192 g/mol. The van der Waals surface area contributed by atoms with Gasteiger partial charge in [0, 0.05) is 19.3 Å². The van der Waals surface area contributed by atoms with Crippen molar-refractivity contribution in [2.45, 2.75) is 20.4 Å². The lowest BCUT2D eigenvalue weighted by molar-refractivity contribution is 0.274. The van der Waals surface area contributed by atoms with Gasteiger partial charge in [0.05, 0.1) is 6.54 Å². The van der Waals surface area contributed by atoms with E-state index >= 15 is 0 Å². The van der Waals surface area contributed by atoms with Gasteiger partial charge in [-0.1, -0.05) is 13.8 Å². The molecule has 0 spiro atoms. The lowest BCUT2D eigenvalue weighted by atomic mass is 9.84. The van der Waals surface area contributed by atoms with Gasteiger partial charge in [-0.05, 0) is 11.5 Å². The Morgan fingerprint density at radius 3 is 2.79 bits per heavy atom. The van der Waals surface area contributed by atoms with E-state index in [1.807, 2.05) is 6.07 Å². The Morgan fingerprint density at radius 2 is 2.21 bits per heavy atom. The van der Waals surface area contributed by atoms with E-state index in [-0.39, 0.29) is 0 Å². The third kappa shape index (κ3) is 1.70. The number of anilines is 1. The Bertz CT molecular complexity index is 327. The first-order valence-corrected chi connectivity index (χ1v) is 4.88. The largest absolute Gasteiger partial charge is 0.355 e. The van der Waals surface area contributed by atoms with Crippen LogP contribution in [0.3, 0.4) is 0 Å². The minimum Gasteiger partial charge on any atom is -0.355 e. The summed E-state index contributed by atoms with van der Waals surface area (Å²) < 4.78 is 0. The van der Waals surface area contributed by atoms with Crippen molar-refractivity contribution in [3.8, 4) is 0 Å². The quantitative estimate of drug-likeness (QED) is 0.752. The molecule has 0 bridgehead atoms. The lowest BCUT2D eigenvalue weighted by Crippen LogP contribution is -2.53. The van der Waals surface area contributed by atoms with Gasteiger partial charge < -0.3 is 10.6 Å². The highest BCUT2D eigenvalue weighted by Gasteiger charge is 2.34. The highest BCUT2D eigenvalue weighted by Crippen LogP contribution is 2.31. The van der Waals surface area contributed by atoms with E-state index < -0.39 is 0 Å². The predicted octanol–water partition coefficient (Wildman–Crippen LogP) is 0.781. The van der Waals surface area contributed by atoms with Crippen molar-refractivity contribution in [2.75, 3.05) is 18.0 Å². The second-order valence-electron chi connectivity index (χ2n) is 4.56. The monoisotopic (exact) mass is 192 g/mol. The smallest absolute Gasteiger partial charge is 0.144 e. The molecule has 0 amide bonds. The van der Waals surface area contributed by atoms with Gasteiger partial charge >= 0.3 is 0 Å². The van der Waals surface area contributed by atoms with Gasteiger partial charge in [-0.25, -0.2) is 9.97 Å². The van der Waals surface area contributed by atoms with Crippen LogP contribution in [0.4, 0.5) is 5.82 Å². The molecule has 2 heterocycles. The summed E-state index contributed by atoms with van der Waals surface area (Å²) in [4.78, 5) is 10.7. The fourth-order valence-corrected chi connectivity index (χ4v) is 1.81. The molecule has 2 N–H and O–H groups in total. The van der Waals surface area contributed by atoms with Crippen LogP contribution in [-0.2, 0) is 6.54 Å². The highest BCUT2D eigenvalue weighted by atomic mass is 15.3. The average Bonchev–Trinajstić information content (AvgIpc) is 2.14. The minimum absolute atomic E-state index is 0.408. The molecule has 0 radical (unpaired) electrons. The number of hydrogen-bond acceptors (Lipinski definition) is 4. The van der Waals surface area contributed by atoms with Gasteiger partial charge in [0.1, 0.15) is 11.6 Å². The first kappa shape index (κ1) is 9.40. The van der Waals surface area contributed by atoms with Crippen LogP contribution in [0, 0.1) is 5.41 Å².